The Balaban J connectivity index is 2.68. The Bertz CT molecular complexity index is 429. The molecule has 1 nitrogen and oxygen atoms in total. The van der Waals surface area contributed by atoms with E-state index in [2.05, 4.69) is 32.7 Å². The Morgan fingerprint density at radius 1 is 1.32 bits per heavy atom. The zero-order chi connectivity index (χ0) is 14.5. The molecule has 0 aliphatic heterocycles. The van der Waals surface area contributed by atoms with Gasteiger partial charge in [-0.2, -0.15) is 0 Å². The van der Waals surface area contributed by atoms with Crippen molar-refractivity contribution in [1.82, 2.24) is 5.32 Å². The maximum absolute atomic E-state index is 13.2. The van der Waals surface area contributed by atoms with Crippen LogP contribution in [-0.4, -0.2) is 13.1 Å². The van der Waals surface area contributed by atoms with Crippen molar-refractivity contribution < 1.29 is 8.78 Å². The molecule has 0 bridgehead atoms. The third-order valence-electron chi connectivity index (χ3n) is 3.17. The van der Waals surface area contributed by atoms with Crippen LogP contribution in [0.4, 0.5) is 8.78 Å². The van der Waals surface area contributed by atoms with E-state index in [1.807, 2.05) is 6.08 Å². The molecule has 0 saturated carbocycles. The van der Waals surface area contributed by atoms with Gasteiger partial charge in [-0.1, -0.05) is 32.9 Å². The third-order valence-corrected chi connectivity index (χ3v) is 3.17. The number of nitrogens with one attached hydrogen (secondary N) is 1. The van der Waals surface area contributed by atoms with Gasteiger partial charge in [0, 0.05) is 12.0 Å². The summed E-state index contributed by atoms with van der Waals surface area (Å²) in [6, 6.07) is 4.07. The highest BCUT2D eigenvalue weighted by molar-refractivity contribution is 5.20. The van der Waals surface area contributed by atoms with Crippen molar-refractivity contribution in [2.24, 2.45) is 11.3 Å². The fourth-order valence-corrected chi connectivity index (χ4v) is 1.97. The Hall–Kier alpha value is -1.22. The van der Waals surface area contributed by atoms with Gasteiger partial charge in [0.15, 0.2) is 11.6 Å². The molecule has 0 fully saturated rings. The van der Waals surface area contributed by atoms with Crippen LogP contribution in [0, 0.1) is 23.0 Å². The Kier molecular flexibility index (Phi) is 5.67. The third kappa shape index (κ3) is 5.11. The van der Waals surface area contributed by atoms with Gasteiger partial charge in [-0.3, -0.25) is 0 Å². The van der Waals surface area contributed by atoms with Crippen molar-refractivity contribution in [3.63, 3.8) is 0 Å². The van der Waals surface area contributed by atoms with E-state index in [9.17, 15) is 8.78 Å². The normalized spacial score (nSPS) is 14.4. The molecular formula is C16H23F2N. The first-order valence-corrected chi connectivity index (χ1v) is 6.64. The van der Waals surface area contributed by atoms with E-state index in [4.69, 9.17) is 0 Å². The smallest absolute Gasteiger partial charge is 0.159 e. The summed E-state index contributed by atoms with van der Waals surface area (Å²) in [5.74, 6) is -1.02. The van der Waals surface area contributed by atoms with Crippen molar-refractivity contribution in [3.05, 3.63) is 48.1 Å². The van der Waals surface area contributed by atoms with Crippen LogP contribution in [0.2, 0.25) is 0 Å². The molecule has 1 rings (SSSR count). The van der Waals surface area contributed by atoms with Crippen LogP contribution in [-0.2, 0) is 6.42 Å². The lowest BCUT2D eigenvalue weighted by atomic mass is 9.83. The molecule has 0 saturated heterocycles. The minimum atomic E-state index is -0.804. The first-order valence-electron chi connectivity index (χ1n) is 6.64. The number of rotatable bonds is 7. The van der Waals surface area contributed by atoms with Gasteiger partial charge in [0.05, 0.1) is 0 Å². The molecule has 1 unspecified atom stereocenters. The van der Waals surface area contributed by atoms with Crippen LogP contribution in [0.15, 0.2) is 30.9 Å². The molecule has 19 heavy (non-hydrogen) atoms. The van der Waals surface area contributed by atoms with Gasteiger partial charge < -0.3 is 5.32 Å². The second-order valence-corrected chi connectivity index (χ2v) is 5.81. The van der Waals surface area contributed by atoms with Gasteiger partial charge in [-0.25, -0.2) is 8.78 Å². The van der Waals surface area contributed by atoms with Gasteiger partial charge in [-0.05, 0) is 36.6 Å². The Morgan fingerprint density at radius 3 is 2.53 bits per heavy atom. The van der Waals surface area contributed by atoms with E-state index in [1.165, 1.54) is 12.1 Å². The molecule has 0 amide bonds. The van der Waals surface area contributed by atoms with E-state index >= 15 is 0 Å². The second kappa shape index (κ2) is 6.80. The largest absolute Gasteiger partial charge is 0.316 e. The summed E-state index contributed by atoms with van der Waals surface area (Å²) in [6.07, 6.45) is 2.51. The van der Waals surface area contributed by atoms with Gasteiger partial charge in [-0.15, -0.1) is 6.58 Å². The average Bonchev–Trinajstić information content (AvgIpc) is 2.33. The van der Waals surface area contributed by atoms with Gasteiger partial charge in [0.2, 0.25) is 0 Å². The first-order chi connectivity index (χ1) is 8.86. The lowest BCUT2D eigenvalue weighted by Crippen LogP contribution is -2.34. The number of benzene rings is 1. The van der Waals surface area contributed by atoms with Crippen LogP contribution < -0.4 is 5.32 Å². The maximum Gasteiger partial charge on any atom is 0.159 e. The second-order valence-electron chi connectivity index (χ2n) is 5.81. The summed E-state index contributed by atoms with van der Waals surface area (Å²) in [5.41, 5.74) is 0.617. The summed E-state index contributed by atoms with van der Waals surface area (Å²) < 4.78 is 26.1. The van der Waals surface area contributed by atoms with Crippen LogP contribution in [0.3, 0.4) is 0 Å². The molecule has 1 aromatic carbocycles. The van der Waals surface area contributed by atoms with Crippen LogP contribution >= 0.6 is 0 Å². The predicted octanol–water partition coefficient (Wildman–Crippen LogP) is 3.95. The Labute approximate surface area is 114 Å². The van der Waals surface area contributed by atoms with Crippen molar-refractivity contribution in [3.8, 4) is 0 Å². The van der Waals surface area contributed by atoms with Crippen molar-refractivity contribution in [2.45, 2.75) is 27.2 Å². The molecule has 1 aromatic rings. The summed E-state index contributed by atoms with van der Waals surface area (Å²) >= 11 is 0. The lowest BCUT2D eigenvalue weighted by molar-refractivity contribution is 0.376. The van der Waals surface area contributed by atoms with Crippen molar-refractivity contribution >= 4 is 0 Å². The molecule has 0 aliphatic rings. The first kappa shape index (κ1) is 15.8. The minimum Gasteiger partial charge on any atom is -0.316 e. The number of hydrogen-bond donors (Lipinski definition) is 1. The molecule has 0 aliphatic carbocycles. The van der Waals surface area contributed by atoms with Gasteiger partial charge >= 0.3 is 0 Å². The monoisotopic (exact) mass is 267 g/mol. The van der Waals surface area contributed by atoms with Gasteiger partial charge in [0.25, 0.3) is 0 Å². The quantitative estimate of drug-likeness (QED) is 0.738. The van der Waals surface area contributed by atoms with Crippen LogP contribution in [0.1, 0.15) is 26.3 Å². The molecular weight excluding hydrogens is 244 g/mol. The molecule has 1 N–H and O–H groups in total. The highest BCUT2D eigenvalue weighted by Gasteiger charge is 2.21. The fourth-order valence-electron chi connectivity index (χ4n) is 1.97. The van der Waals surface area contributed by atoms with E-state index < -0.39 is 11.6 Å². The van der Waals surface area contributed by atoms with Crippen LogP contribution in [0.5, 0.6) is 0 Å². The topological polar surface area (TPSA) is 12.0 Å². The maximum atomic E-state index is 13.2. The molecule has 3 heteroatoms. The van der Waals surface area contributed by atoms with E-state index in [-0.39, 0.29) is 5.41 Å². The standard InChI is InChI=1S/C16H23F2N/c1-5-16(4,11-19-10-12(2)3)9-13-6-7-14(17)15(18)8-13/h5-8,12,19H,1,9-11H2,2-4H3. The minimum absolute atomic E-state index is 0.168. The highest BCUT2D eigenvalue weighted by Crippen LogP contribution is 2.24. The molecule has 106 valence electrons. The zero-order valence-corrected chi connectivity index (χ0v) is 12.0. The van der Waals surface area contributed by atoms with E-state index in [0.29, 0.717) is 12.3 Å². The zero-order valence-electron chi connectivity index (χ0n) is 12.0. The summed E-state index contributed by atoms with van der Waals surface area (Å²) in [5, 5.41) is 3.38. The lowest BCUT2D eigenvalue weighted by Gasteiger charge is -2.27. The molecule has 0 aromatic heterocycles. The van der Waals surface area contributed by atoms with E-state index in [1.54, 1.807) is 6.07 Å². The molecule has 0 spiro atoms. The SMILES string of the molecule is C=CC(C)(CNCC(C)C)Cc1ccc(F)c(F)c1. The molecule has 1 atom stereocenters. The summed E-state index contributed by atoms with van der Waals surface area (Å²) in [6.45, 7) is 11.9. The predicted molar refractivity (Wildman–Crippen MR) is 76.1 cm³/mol. The van der Waals surface area contributed by atoms with Gasteiger partial charge in [0.1, 0.15) is 0 Å². The van der Waals surface area contributed by atoms with Crippen LogP contribution in [0.25, 0.3) is 0 Å². The molecule has 0 radical (unpaired) electrons. The average molecular weight is 267 g/mol. The fraction of sp³-hybridized carbons (Fsp3) is 0.500. The summed E-state index contributed by atoms with van der Waals surface area (Å²) in [7, 11) is 0. The summed E-state index contributed by atoms with van der Waals surface area (Å²) in [4.78, 5) is 0. The molecule has 0 heterocycles. The number of halogens is 2. The number of hydrogen-bond acceptors (Lipinski definition) is 1. The van der Waals surface area contributed by atoms with Crippen molar-refractivity contribution in [1.29, 1.82) is 0 Å². The highest BCUT2D eigenvalue weighted by atomic mass is 19.2. The Morgan fingerprint density at radius 2 is 2.00 bits per heavy atom. The van der Waals surface area contributed by atoms with E-state index in [0.717, 1.165) is 18.7 Å². The van der Waals surface area contributed by atoms with Crippen molar-refractivity contribution in [2.75, 3.05) is 13.1 Å².